The monoisotopic (exact) mass is 819 g/mol. The largest absolute Gasteiger partial charge is 0.464 e. The highest BCUT2D eigenvalue weighted by Crippen LogP contribution is 2.52. The normalized spacial score (nSPS) is 22.9. The van der Waals surface area contributed by atoms with Crippen molar-refractivity contribution in [3.63, 3.8) is 0 Å². The first kappa shape index (κ1) is 45.1. The van der Waals surface area contributed by atoms with E-state index in [0.717, 1.165) is 12.8 Å². The Balaban J connectivity index is 1.79. The Kier molecular flexibility index (Phi) is 14.0. The zero-order valence-corrected chi connectivity index (χ0v) is 38.4. The molecule has 308 valence electrons. The molecule has 1 aromatic carbocycles. The summed E-state index contributed by atoms with van der Waals surface area (Å²) < 4.78 is 56.3. The van der Waals surface area contributed by atoms with Gasteiger partial charge < -0.3 is 28.6 Å². The number of nitrogens with zero attached hydrogens (tertiary/aromatic N) is 3. The van der Waals surface area contributed by atoms with E-state index >= 15 is 0 Å². The first-order valence-corrected chi connectivity index (χ1v) is 26.8. The van der Waals surface area contributed by atoms with Crippen LogP contribution in [-0.4, -0.2) is 74.8 Å². The van der Waals surface area contributed by atoms with E-state index in [2.05, 4.69) is 96.7 Å². The Morgan fingerprint density at radius 1 is 1.00 bits per heavy atom. The molecule has 1 aliphatic rings. The Morgan fingerprint density at radius 3 is 2.18 bits per heavy atom. The quantitative estimate of drug-likeness (QED) is 0.0759. The molecule has 0 aliphatic carbocycles. The topological polar surface area (TPSA) is 158 Å². The van der Waals surface area contributed by atoms with Crippen molar-refractivity contribution in [1.29, 1.82) is 0 Å². The lowest BCUT2D eigenvalue weighted by Crippen LogP contribution is -2.56. The van der Waals surface area contributed by atoms with Gasteiger partial charge in [-0.25, -0.2) is 14.1 Å². The van der Waals surface area contributed by atoms with Crippen molar-refractivity contribution >= 4 is 41.7 Å². The summed E-state index contributed by atoms with van der Waals surface area (Å²) in [6, 6.07) is 11.5. The van der Waals surface area contributed by atoms with Gasteiger partial charge in [0.25, 0.3) is 0 Å². The summed E-state index contributed by atoms with van der Waals surface area (Å²) in [4.78, 5) is 17.4. The van der Waals surface area contributed by atoms with Crippen LogP contribution in [-0.2, 0) is 37.8 Å². The van der Waals surface area contributed by atoms with Crippen molar-refractivity contribution in [2.24, 2.45) is 5.92 Å². The van der Waals surface area contributed by atoms with Crippen molar-refractivity contribution in [3.05, 3.63) is 54.5 Å². The summed E-state index contributed by atoms with van der Waals surface area (Å²) in [7, 11) is -9.28. The van der Waals surface area contributed by atoms with Crippen molar-refractivity contribution < 1.29 is 36.7 Å². The van der Waals surface area contributed by atoms with Crippen molar-refractivity contribution in [3.8, 4) is 5.75 Å². The number of fused-ring (bicyclic) bond motifs is 1. The number of aromatic nitrogens is 3. The molecule has 4 rings (SSSR count). The van der Waals surface area contributed by atoms with Crippen molar-refractivity contribution in [1.82, 2.24) is 19.7 Å². The molecule has 55 heavy (non-hydrogen) atoms. The molecule has 0 amide bonds. The number of hydrogen-bond donors (Lipinski definition) is 2. The molecule has 0 saturated carbocycles. The first-order chi connectivity index (χ1) is 25.4. The number of esters is 1. The van der Waals surface area contributed by atoms with Gasteiger partial charge in [0, 0.05) is 0 Å². The molecule has 1 fully saturated rings. The van der Waals surface area contributed by atoms with E-state index < -0.39 is 60.3 Å². The van der Waals surface area contributed by atoms with E-state index in [1.807, 2.05) is 25.1 Å². The van der Waals surface area contributed by atoms with E-state index in [0.29, 0.717) is 22.8 Å². The molecule has 0 radical (unpaired) electrons. The fraction of sp³-hybridized carbons (Fsp3) is 0.667. The molecular weight excluding hydrogens is 754 g/mol. The molecule has 16 heteroatoms. The molecule has 1 saturated heterocycles. The Labute approximate surface area is 330 Å². The maximum absolute atomic E-state index is 14.8. The second kappa shape index (κ2) is 17.1. The molecule has 6 atom stereocenters. The summed E-state index contributed by atoms with van der Waals surface area (Å²) in [5.41, 5.74) is 6.48. The third-order valence-corrected chi connectivity index (χ3v) is 22.3. The second-order valence-electron chi connectivity index (χ2n) is 17.9. The minimum atomic E-state index is -4.26. The van der Waals surface area contributed by atoms with Crippen LogP contribution in [0.5, 0.6) is 5.75 Å². The maximum Gasteiger partial charge on any atom is 0.459 e. The first-order valence-electron chi connectivity index (χ1n) is 19.4. The predicted octanol–water partition coefficient (Wildman–Crippen LogP) is 8.87. The molecular formula is C39H66N5O8PSi2. The molecule has 1 aliphatic heterocycles. The molecule has 3 aromatic rings. The highest BCUT2D eigenvalue weighted by molar-refractivity contribution is 7.52. The number of carbonyl (C=O) groups excluding carboxylic acids is 1. The van der Waals surface area contributed by atoms with E-state index in [1.165, 1.54) is 6.33 Å². The summed E-state index contributed by atoms with van der Waals surface area (Å²) in [5, 5.41) is 7.10. The van der Waals surface area contributed by atoms with Crippen LogP contribution in [0.3, 0.4) is 0 Å². The van der Waals surface area contributed by atoms with Crippen LogP contribution < -0.4 is 15.3 Å². The Morgan fingerprint density at radius 2 is 1.60 bits per heavy atom. The molecule has 3 heterocycles. The van der Waals surface area contributed by atoms with Gasteiger partial charge in [-0.2, -0.15) is 10.2 Å². The summed E-state index contributed by atoms with van der Waals surface area (Å²) in [6.07, 6.45) is 1.05. The predicted molar refractivity (Wildman–Crippen MR) is 222 cm³/mol. The Hall–Kier alpha value is -2.63. The zero-order chi connectivity index (χ0) is 41.2. The maximum atomic E-state index is 14.8. The van der Waals surface area contributed by atoms with Gasteiger partial charge in [-0.3, -0.25) is 9.32 Å². The summed E-state index contributed by atoms with van der Waals surface area (Å²) >= 11 is 0. The van der Waals surface area contributed by atoms with E-state index in [4.69, 9.17) is 33.1 Å². The third kappa shape index (κ3) is 10.3. The summed E-state index contributed by atoms with van der Waals surface area (Å²) in [6.45, 7) is 29.6. The molecule has 3 N–H and O–H groups in total. The third-order valence-electron chi connectivity index (χ3n) is 11.8. The number of carbonyl (C=O) groups is 1. The van der Waals surface area contributed by atoms with Crippen LogP contribution in [0.15, 0.2) is 48.8 Å². The molecule has 13 nitrogen and oxygen atoms in total. The summed E-state index contributed by atoms with van der Waals surface area (Å²) in [5.74, 6) is 0.309. The lowest BCUT2D eigenvalue weighted by Gasteiger charge is -2.45. The molecule has 0 bridgehead atoms. The average molecular weight is 820 g/mol. The van der Waals surface area contributed by atoms with Crippen molar-refractivity contribution in [2.75, 3.05) is 18.9 Å². The minimum Gasteiger partial charge on any atom is -0.464 e. The number of hydrogen-bond acceptors (Lipinski definition) is 11. The fourth-order valence-corrected chi connectivity index (χ4v) is 10.1. The van der Waals surface area contributed by atoms with Crippen LogP contribution >= 0.6 is 7.75 Å². The van der Waals surface area contributed by atoms with Gasteiger partial charge in [-0.1, -0.05) is 86.4 Å². The highest BCUT2D eigenvalue weighted by atomic mass is 31.2. The van der Waals surface area contributed by atoms with Crippen LogP contribution in [0, 0.1) is 5.92 Å². The van der Waals surface area contributed by atoms with Gasteiger partial charge in [-0.05, 0) is 80.3 Å². The van der Waals surface area contributed by atoms with Crippen LogP contribution in [0.4, 0.5) is 5.82 Å². The fourth-order valence-electron chi connectivity index (χ4n) is 5.97. The van der Waals surface area contributed by atoms with Crippen molar-refractivity contribution in [2.45, 2.75) is 148 Å². The molecule has 2 aromatic heterocycles. The van der Waals surface area contributed by atoms with E-state index in [9.17, 15) is 9.36 Å². The van der Waals surface area contributed by atoms with E-state index in [1.54, 1.807) is 35.7 Å². The molecule has 2 unspecified atom stereocenters. The Bertz CT molecular complexity index is 1790. The number of nitrogen functional groups attached to an aromatic ring is 1. The molecule has 0 spiro atoms. The number of ether oxygens (including phenoxy) is 2. The lowest BCUT2D eigenvalue weighted by atomic mass is 9.93. The van der Waals surface area contributed by atoms with Gasteiger partial charge in [0.05, 0.1) is 18.9 Å². The van der Waals surface area contributed by atoms with Gasteiger partial charge >= 0.3 is 13.7 Å². The van der Waals surface area contributed by atoms with E-state index in [-0.39, 0.29) is 29.2 Å². The smallest absolute Gasteiger partial charge is 0.459 e. The number of anilines is 1. The van der Waals surface area contributed by atoms with Gasteiger partial charge in [0.1, 0.15) is 47.5 Å². The van der Waals surface area contributed by atoms with Crippen LogP contribution in [0.2, 0.25) is 36.3 Å². The standard InChI is InChI=1S/C39H66N5O8PSi2/c1-15-28(16-2)24-47-36(45)27(3)43-53(46,50-29-20-18-17-19-21-29)48-25-31-33(51-54(11,12)37(4,5)6)34(52-55(13,14)38(7,8)9)39(10,49-31)32-23-22-30-35(40)41-26-42-44(30)32/h17-23,26-28,31,33-34H,15-16,24-25H2,1-14H3,(H,43,46)(H2,40,41,42)/t27-,31+,33?,34?,39-,53-/m0/s1. The van der Waals surface area contributed by atoms with Crippen LogP contribution in [0.25, 0.3) is 5.52 Å². The number of nitrogens with two attached hydrogens (primary N) is 1. The second-order valence-corrected chi connectivity index (χ2v) is 29.1. The number of benzene rings is 1. The minimum absolute atomic E-state index is 0.153. The highest BCUT2D eigenvalue weighted by Gasteiger charge is 2.60. The average Bonchev–Trinajstić information content (AvgIpc) is 3.64. The number of para-hydroxylation sites is 1. The zero-order valence-electron chi connectivity index (χ0n) is 35.5. The number of nitrogens with one attached hydrogen (secondary N) is 1. The van der Waals surface area contributed by atoms with Gasteiger partial charge in [0.2, 0.25) is 0 Å². The SMILES string of the molecule is CCC(CC)COC(=O)[C@H](C)N[P@](=O)(OC[C@H]1O[C@@](C)(c2ccc3c(N)ncnn23)C(O[Si](C)(C)C(C)(C)C)C1O[Si](C)(C)C(C)(C)C)Oc1ccccc1. The lowest BCUT2D eigenvalue weighted by molar-refractivity contribution is -0.146. The number of rotatable bonds is 17. The van der Waals surface area contributed by atoms with Crippen LogP contribution in [0.1, 0.15) is 87.8 Å². The van der Waals surface area contributed by atoms with Gasteiger partial charge in [-0.15, -0.1) is 0 Å². The van der Waals surface area contributed by atoms with Gasteiger partial charge in [0.15, 0.2) is 22.5 Å².